The molecule has 2 aliphatic rings. The normalized spacial score (nSPS) is 15.9. The average molecular weight is 462 g/mol. The van der Waals surface area contributed by atoms with E-state index in [0.717, 1.165) is 55.8 Å². The molecule has 0 bridgehead atoms. The molecule has 1 saturated heterocycles. The summed E-state index contributed by atoms with van der Waals surface area (Å²) >= 11 is 1.74. The van der Waals surface area contributed by atoms with Gasteiger partial charge in [0.2, 0.25) is 0 Å². The third-order valence-electron chi connectivity index (χ3n) is 5.84. The zero-order chi connectivity index (χ0) is 21.1. The number of carbonyl (C=O) groups excluding carboxylic acids is 1. The third kappa shape index (κ3) is 5.56. The molecule has 0 spiro atoms. The molecule has 2 aliphatic heterocycles. The van der Waals surface area contributed by atoms with Gasteiger partial charge >= 0.3 is 5.97 Å². The van der Waals surface area contributed by atoms with Crippen LogP contribution in [0.3, 0.4) is 0 Å². The molecule has 0 aliphatic carbocycles. The van der Waals surface area contributed by atoms with Gasteiger partial charge in [-0.2, -0.15) is 0 Å². The van der Waals surface area contributed by atoms with Crippen molar-refractivity contribution in [3.63, 3.8) is 0 Å². The van der Waals surface area contributed by atoms with Gasteiger partial charge in [-0.25, -0.2) is 0 Å². The van der Waals surface area contributed by atoms with Crippen molar-refractivity contribution in [3.05, 3.63) is 56.8 Å². The zero-order valence-electron chi connectivity index (χ0n) is 17.7. The van der Waals surface area contributed by atoms with E-state index in [0.29, 0.717) is 13.0 Å². The minimum Gasteiger partial charge on any atom is -0.488 e. The van der Waals surface area contributed by atoms with Crippen LogP contribution in [0.5, 0.6) is 5.75 Å². The number of fused-ring (bicyclic) bond motifs is 2. The van der Waals surface area contributed by atoms with Crippen LogP contribution in [0.25, 0.3) is 5.57 Å². The highest BCUT2D eigenvalue weighted by molar-refractivity contribution is 7.11. The first-order chi connectivity index (χ1) is 14.5. The van der Waals surface area contributed by atoms with Gasteiger partial charge in [0.25, 0.3) is 0 Å². The maximum atomic E-state index is 11.2. The van der Waals surface area contributed by atoms with Crippen molar-refractivity contribution in [1.29, 1.82) is 0 Å². The Morgan fingerprint density at radius 2 is 1.97 bits per heavy atom. The summed E-state index contributed by atoms with van der Waals surface area (Å²) in [7, 11) is 0. The maximum Gasteiger partial charge on any atom is 0.307 e. The number of hydrogen-bond acceptors (Lipinski definition) is 5. The molecule has 5 nitrogen and oxygen atoms in total. The van der Waals surface area contributed by atoms with Crippen LogP contribution in [0.1, 0.15) is 54.2 Å². The minimum atomic E-state index is -0.825. The quantitative estimate of drug-likeness (QED) is 0.658. The molecule has 0 amide bonds. The molecule has 1 aromatic carbocycles. The zero-order valence-corrected chi connectivity index (χ0v) is 19.3. The summed E-state index contributed by atoms with van der Waals surface area (Å²) in [6.45, 7) is 5.14. The van der Waals surface area contributed by atoms with E-state index in [4.69, 9.17) is 4.74 Å². The molecule has 0 atom stereocenters. The number of piperidine rings is 1. The fraction of sp³-hybridized carbons (Fsp3) is 0.417. The first-order valence-corrected chi connectivity index (χ1v) is 11.4. The van der Waals surface area contributed by atoms with Gasteiger partial charge in [-0.05, 0) is 61.9 Å². The average Bonchev–Trinajstić information content (AvgIpc) is 3.10. The standard InChI is InChI=1S/C24H27NO4S.ClH/c1-16(26)3-2-9-25-10-6-18(7-11-25)23-20-13-17(14-22(27)28)4-5-21(20)29-15-19-8-12-30-24(19)23;/h4-5,8,12-13H,2-3,6-7,9-11,14-15H2,1H3,(H,27,28);1H. The van der Waals surface area contributed by atoms with Crippen molar-refractivity contribution in [3.8, 4) is 5.75 Å². The molecule has 166 valence electrons. The number of halogens is 1. The Morgan fingerprint density at radius 1 is 1.19 bits per heavy atom. The number of thiophene rings is 1. The van der Waals surface area contributed by atoms with Crippen molar-refractivity contribution < 1.29 is 19.4 Å². The Hall–Kier alpha value is -2.15. The van der Waals surface area contributed by atoms with Crippen LogP contribution in [-0.2, 0) is 22.6 Å². The number of aliphatic carboxylic acids is 1. The van der Waals surface area contributed by atoms with Crippen LogP contribution in [0.2, 0.25) is 0 Å². The van der Waals surface area contributed by atoms with E-state index in [-0.39, 0.29) is 24.6 Å². The van der Waals surface area contributed by atoms with Crippen LogP contribution in [-0.4, -0.2) is 41.4 Å². The Morgan fingerprint density at radius 3 is 2.68 bits per heavy atom. The number of Topliss-reactive ketones (excluding diaryl/α,β-unsaturated/α-hetero) is 1. The molecule has 4 rings (SSSR count). The molecular weight excluding hydrogens is 434 g/mol. The molecule has 0 saturated carbocycles. The number of ether oxygens (including phenoxy) is 1. The largest absolute Gasteiger partial charge is 0.488 e. The first-order valence-electron chi connectivity index (χ1n) is 10.5. The molecule has 0 unspecified atom stereocenters. The highest BCUT2D eigenvalue weighted by Gasteiger charge is 2.26. The number of carboxylic acids is 1. The number of carboxylic acid groups (broad SMARTS) is 1. The Bertz CT molecular complexity index is 987. The number of rotatable bonds is 6. The van der Waals surface area contributed by atoms with Gasteiger partial charge in [0.05, 0.1) is 6.42 Å². The van der Waals surface area contributed by atoms with Gasteiger partial charge in [0.15, 0.2) is 0 Å². The van der Waals surface area contributed by atoms with E-state index in [1.807, 2.05) is 18.2 Å². The Labute approximate surface area is 193 Å². The van der Waals surface area contributed by atoms with E-state index >= 15 is 0 Å². The monoisotopic (exact) mass is 461 g/mol. The fourth-order valence-corrected chi connectivity index (χ4v) is 5.35. The molecule has 3 heterocycles. The summed E-state index contributed by atoms with van der Waals surface area (Å²) < 4.78 is 6.09. The predicted octanol–water partition coefficient (Wildman–Crippen LogP) is 4.96. The van der Waals surface area contributed by atoms with E-state index in [1.54, 1.807) is 18.3 Å². The molecular formula is C24H28ClNO4S. The lowest BCUT2D eigenvalue weighted by Crippen LogP contribution is -2.32. The summed E-state index contributed by atoms with van der Waals surface area (Å²) in [5, 5.41) is 11.3. The SMILES string of the molecule is CC(=O)CCCN1CCC(=C2c3cc(CC(=O)O)ccc3OCc3ccsc32)CC1.Cl. The van der Waals surface area contributed by atoms with Gasteiger partial charge in [0, 0.05) is 41.1 Å². The van der Waals surface area contributed by atoms with Crippen molar-refractivity contribution in [2.24, 2.45) is 0 Å². The summed E-state index contributed by atoms with van der Waals surface area (Å²) in [4.78, 5) is 26.1. The third-order valence-corrected chi connectivity index (χ3v) is 6.82. The summed E-state index contributed by atoms with van der Waals surface area (Å²) in [6, 6.07) is 7.90. The summed E-state index contributed by atoms with van der Waals surface area (Å²) in [5.41, 5.74) is 5.67. The maximum absolute atomic E-state index is 11.2. The Balaban J connectivity index is 0.00000272. The van der Waals surface area contributed by atoms with E-state index in [1.165, 1.54) is 21.6 Å². The van der Waals surface area contributed by atoms with Crippen LogP contribution in [0, 0.1) is 0 Å². The summed E-state index contributed by atoms with van der Waals surface area (Å²) in [5.74, 6) is 0.264. The van der Waals surface area contributed by atoms with Crippen molar-refractivity contribution in [2.45, 2.75) is 45.6 Å². The predicted molar refractivity (Wildman–Crippen MR) is 125 cm³/mol. The van der Waals surface area contributed by atoms with Crippen LogP contribution in [0.4, 0.5) is 0 Å². The van der Waals surface area contributed by atoms with Crippen LogP contribution < -0.4 is 4.74 Å². The molecule has 2 aromatic rings. The molecule has 1 fully saturated rings. The second-order valence-electron chi connectivity index (χ2n) is 8.09. The first kappa shape index (κ1) is 23.5. The topological polar surface area (TPSA) is 66.8 Å². The van der Waals surface area contributed by atoms with Crippen molar-refractivity contribution in [1.82, 2.24) is 4.90 Å². The number of benzene rings is 1. The van der Waals surface area contributed by atoms with E-state index in [2.05, 4.69) is 16.3 Å². The lowest BCUT2D eigenvalue weighted by atomic mass is 9.89. The van der Waals surface area contributed by atoms with Gasteiger partial charge in [-0.1, -0.05) is 11.6 Å². The summed E-state index contributed by atoms with van der Waals surface area (Å²) in [6.07, 6.45) is 3.55. The molecule has 1 aromatic heterocycles. The fourth-order valence-electron chi connectivity index (χ4n) is 4.33. The van der Waals surface area contributed by atoms with Gasteiger partial charge in [-0.3, -0.25) is 4.79 Å². The van der Waals surface area contributed by atoms with E-state index in [9.17, 15) is 14.7 Å². The lowest BCUT2D eigenvalue weighted by molar-refractivity contribution is -0.136. The Kier molecular flexibility index (Phi) is 7.92. The van der Waals surface area contributed by atoms with E-state index < -0.39 is 5.97 Å². The number of carbonyl (C=O) groups is 2. The molecule has 7 heteroatoms. The van der Waals surface area contributed by atoms with Crippen LogP contribution in [0.15, 0.2) is 35.2 Å². The van der Waals surface area contributed by atoms with Gasteiger partial charge in [0.1, 0.15) is 18.1 Å². The number of hydrogen-bond donors (Lipinski definition) is 1. The molecule has 31 heavy (non-hydrogen) atoms. The van der Waals surface area contributed by atoms with Gasteiger partial charge < -0.3 is 19.5 Å². The number of likely N-dealkylation sites (tertiary alicyclic amines) is 1. The molecule has 1 N–H and O–H groups in total. The second kappa shape index (κ2) is 10.4. The van der Waals surface area contributed by atoms with Crippen LogP contribution >= 0.6 is 23.7 Å². The highest BCUT2D eigenvalue weighted by Crippen LogP contribution is 2.43. The van der Waals surface area contributed by atoms with Crippen molar-refractivity contribution in [2.75, 3.05) is 19.6 Å². The number of nitrogens with zero attached hydrogens (tertiary/aromatic N) is 1. The van der Waals surface area contributed by atoms with Crippen molar-refractivity contribution >= 4 is 41.1 Å². The highest BCUT2D eigenvalue weighted by atomic mass is 35.5. The molecule has 0 radical (unpaired) electrons. The number of ketones is 1. The second-order valence-corrected chi connectivity index (χ2v) is 9.01. The minimum absolute atomic E-state index is 0. The smallest absolute Gasteiger partial charge is 0.307 e. The van der Waals surface area contributed by atoms with Gasteiger partial charge in [-0.15, -0.1) is 23.7 Å². The lowest BCUT2D eigenvalue weighted by Gasteiger charge is -2.30.